The number of aliphatic imine (C=N–C) groups is 1. The number of benzene rings is 2. The third-order valence-electron chi connectivity index (χ3n) is 4.23. The second-order valence-electron chi connectivity index (χ2n) is 5.99. The van der Waals surface area contributed by atoms with Crippen molar-refractivity contribution < 1.29 is 9.59 Å². The zero-order valence-corrected chi connectivity index (χ0v) is 13.7. The number of ketones is 1. The van der Waals surface area contributed by atoms with Crippen molar-refractivity contribution in [1.29, 1.82) is 0 Å². The molecular weight excluding hydrogens is 302 g/mol. The molecule has 1 aliphatic heterocycles. The smallest absolute Gasteiger partial charge is 0.266 e. The maximum Gasteiger partial charge on any atom is 0.266 e. The lowest BCUT2D eigenvalue weighted by Crippen LogP contribution is -2.41. The summed E-state index contributed by atoms with van der Waals surface area (Å²) in [6.07, 6.45) is 0.321. The van der Waals surface area contributed by atoms with Crippen LogP contribution in [-0.4, -0.2) is 29.6 Å². The second-order valence-corrected chi connectivity index (χ2v) is 5.99. The predicted octanol–water partition coefficient (Wildman–Crippen LogP) is 1.85. The molecule has 3 rings (SSSR count). The molecular formula is C19H19N3O2. The summed E-state index contributed by atoms with van der Waals surface area (Å²) in [5.74, 6) is 0.0470. The Morgan fingerprint density at radius 1 is 1.12 bits per heavy atom. The Labute approximate surface area is 140 Å². The third kappa shape index (κ3) is 2.48. The topological polar surface area (TPSA) is 75.8 Å². The molecule has 0 bridgehead atoms. The van der Waals surface area contributed by atoms with Crippen molar-refractivity contribution in [2.75, 3.05) is 7.05 Å². The van der Waals surface area contributed by atoms with E-state index in [1.165, 1.54) is 4.90 Å². The van der Waals surface area contributed by atoms with Crippen molar-refractivity contribution in [3.63, 3.8) is 0 Å². The molecule has 0 saturated heterocycles. The van der Waals surface area contributed by atoms with Gasteiger partial charge in [-0.25, -0.2) is 4.99 Å². The monoisotopic (exact) mass is 321 g/mol. The van der Waals surface area contributed by atoms with E-state index in [9.17, 15) is 9.59 Å². The molecule has 0 saturated carbocycles. The van der Waals surface area contributed by atoms with Crippen LogP contribution in [0.5, 0.6) is 0 Å². The standard InChI is InChI=1S/C19H19N3O2/c1-13(23)11-14-7-6-10-16(12-14)19(15-8-4-3-5-9-15)17(24)22(2)18(20)21-19/h3-10,12H,11H2,1-2H3,(H2,20,21). The first-order chi connectivity index (χ1) is 11.4. The van der Waals surface area contributed by atoms with Crippen LogP contribution in [0.1, 0.15) is 23.6 Å². The second kappa shape index (κ2) is 5.92. The zero-order valence-electron chi connectivity index (χ0n) is 13.7. The maximum absolute atomic E-state index is 13.0. The summed E-state index contributed by atoms with van der Waals surface area (Å²) < 4.78 is 0. The molecule has 2 N–H and O–H groups in total. The molecule has 24 heavy (non-hydrogen) atoms. The van der Waals surface area contributed by atoms with Gasteiger partial charge in [0.1, 0.15) is 5.78 Å². The number of guanidine groups is 1. The Balaban J connectivity index is 2.21. The summed E-state index contributed by atoms with van der Waals surface area (Å²) in [5.41, 5.74) is 7.06. The average Bonchev–Trinajstić information content (AvgIpc) is 2.80. The van der Waals surface area contributed by atoms with Crippen molar-refractivity contribution in [2.45, 2.75) is 18.9 Å². The zero-order chi connectivity index (χ0) is 17.3. The van der Waals surface area contributed by atoms with Gasteiger partial charge in [0.05, 0.1) is 0 Å². The number of carbonyl (C=O) groups excluding carboxylic acids is 2. The first-order valence-electron chi connectivity index (χ1n) is 7.73. The Morgan fingerprint density at radius 3 is 2.38 bits per heavy atom. The fourth-order valence-corrected chi connectivity index (χ4v) is 3.06. The van der Waals surface area contributed by atoms with Gasteiger partial charge in [-0.05, 0) is 23.6 Å². The van der Waals surface area contributed by atoms with E-state index >= 15 is 0 Å². The summed E-state index contributed by atoms with van der Waals surface area (Å²) >= 11 is 0. The van der Waals surface area contributed by atoms with Crippen LogP contribution in [-0.2, 0) is 21.5 Å². The van der Waals surface area contributed by atoms with Crippen LogP contribution in [0.3, 0.4) is 0 Å². The molecule has 122 valence electrons. The van der Waals surface area contributed by atoms with Crippen LogP contribution in [0.2, 0.25) is 0 Å². The number of amides is 1. The molecule has 5 heteroatoms. The first kappa shape index (κ1) is 15.9. The van der Waals surface area contributed by atoms with Gasteiger partial charge in [0, 0.05) is 13.5 Å². The van der Waals surface area contributed by atoms with E-state index in [0.29, 0.717) is 12.0 Å². The molecule has 0 spiro atoms. The molecule has 1 atom stereocenters. The molecule has 1 heterocycles. The molecule has 0 fully saturated rings. The highest BCUT2D eigenvalue weighted by Gasteiger charge is 2.49. The van der Waals surface area contributed by atoms with E-state index in [1.54, 1.807) is 14.0 Å². The minimum atomic E-state index is -1.20. The Bertz CT molecular complexity index is 830. The van der Waals surface area contributed by atoms with E-state index in [-0.39, 0.29) is 17.6 Å². The van der Waals surface area contributed by atoms with Crippen molar-refractivity contribution in [3.8, 4) is 0 Å². The van der Waals surface area contributed by atoms with Gasteiger partial charge in [0.15, 0.2) is 11.5 Å². The quantitative estimate of drug-likeness (QED) is 0.933. The fourth-order valence-electron chi connectivity index (χ4n) is 3.06. The number of carbonyl (C=O) groups is 2. The molecule has 2 aromatic carbocycles. The van der Waals surface area contributed by atoms with E-state index in [0.717, 1.165) is 11.1 Å². The Morgan fingerprint density at radius 2 is 1.79 bits per heavy atom. The number of rotatable bonds is 4. The van der Waals surface area contributed by atoms with E-state index in [2.05, 4.69) is 4.99 Å². The molecule has 5 nitrogen and oxygen atoms in total. The van der Waals surface area contributed by atoms with E-state index in [1.807, 2.05) is 54.6 Å². The summed E-state index contributed by atoms with van der Waals surface area (Å²) in [4.78, 5) is 30.4. The van der Waals surface area contributed by atoms with Gasteiger partial charge in [-0.2, -0.15) is 0 Å². The van der Waals surface area contributed by atoms with Crippen LogP contribution >= 0.6 is 0 Å². The molecule has 1 unspecified atom stereocenters. The number of hydrogen-bond donors (Lipinski definition) is 1. The lowest BCUT2D eigenvalue weighted by atomic mass is 9.82. The molecule has 1 aliphatic rings. The third-order valence-corrected chi connectivity index (χ3v) is 4.23. The lowest BCUT2D eigenvalue weighted by Gasteiger charge is -2.26. The maximum atomic E-state index is 13.0. The molecule has 1 amide bonds. The van der Waals surface area contributed by atoms with Crippen LogP contribution < -0.4 is 5.73 Å². The highest BCUT2D eigenvalue weighted by molar-refractivity contribution is 6.08. The number of hydrogen-bond acceptors (Lipinski definition) is 4. The van der Waals surface area contributed by atoms with E-state index < -0.39 is 5.54 Å². The summed E-state index contributed by atoms with van der Waals surface area (Å²) in [5, 5.41) is 0. The molecule has 0 radical (unpaired) electrons. The Kier molecular flexibility index (Phi) is 3.93. The van der Waals surface area contributed by atoms with Gasteiger partial charge < -0.3 is 5.73 Å². The summed E-state index contributed by atoms with van der Waals surface area (Å²) in [6.45, 7) is 1.55. The highest BCUT2D eigenvalue weighted by Crippen LogP contribution is 2.39. The first-order valence-corrected chi connectivity index (χ1v) is 7.73. The highest BCUT2D eigenvalue weighted by atomic mass is 16.2. The van der Waals surface area contributed by atoms with E-state index in [4.69, 9.17) is 5.73 Å². The average molecular weight is 321 g/mol. The number of nitrogens with two attached hydrogens (primary N) is 1. The molecule has 2 aromatic rings. The van der Waals surface area contributed by atoms with Gasteiger partial charge in [-0.3, -0.25) is 14.5 Å². The van der Waals surface area contributed by atoms with Crippen molar-refractivity contribution in [3.05, 3.63) is 71.3 Å². The van der Waals surface area contributed by atoms with Crippen LogP contribution in [0.25, 0.3) is 0 Å². The largest absolute Gasteiger partial charge is 0.369 e. The number of Topliss-reactive ketones (excluding diaryl/α,β-unsaturated/α-hetero) is 1. The van der Waals surface area contributed by atoms with Crippen molar-refractivity contribution in [2.24, 2.45) is 10.7 Å². The SMILES string of the molecule is CC(=O)Cc1cccc(C2(c3ccccc3)N=C(N)N(C)C2=O)c1. The van der Waals surface area contributed by atoms with Crippen LogP contribution in [0, 0.1) is 0 Å². The Hall–Kier alpha value is -2.95. The van der Waals surface area contributed by atoms with Gasteiger partial charge in [0.25, 0.3) is 5.91 Å². The minimum absolute atomic E-state index is 0.0683. The fraction of sp³-hybridized carbons (Fsp3) is 0.211. The van der Waals surface area contributed by atoms with Crippen LogP contribution in [0.4, 0.5) is 0 Å². The number of likely N-dealkylation sites (N-methyl/N-ethyl adjacent to an activating group) is 1. The predicted molar refractivity (Wildman–Crippen MR) is 92.4 cm³/mol. The lowest BCUT2D eigenvalue weighted by molar-refractivity contribution is -0.129. The van der Waals surface area contributed by atoms with Gasteiger partial charge in [-0.1, -0.05) is 54.6 Å². The molecule has 0 aromatic heterocycles. The number of nitrogens with zero attached hydrogens (tertiary/aromatic N) is 2. The summed E-state index contributed by atoms with van der Waals surface area (Å²) in [6, 6.07) is 16.8. The van der Waals surface area contributed by atoms with Crippen molar-refractivity contribution in [1.82, 2.24) is 4.90 Å². The van der Waals surface area contributed by atoms with Gasteiger partial charge in [-0.15, -0.1) is 0 Å². The van der Waals surface area contributed by atoms with Gasteiger partial charge >= 0.3 is 0 Å². The normalized spacial score (nSPS) is 20.2. The minimum Gasteiger partial charge on any atom is -0.369 e. The van der Waals surface area contributed by atoms with Crippen molar-refractivity contribution >= 4 is 17.6 Å². The van der Waals surface area contributed by atoms with Gasteiger partial charge in [0.2, 0.25) is 0 Å². The van der Waals surface area contributed by atoms with Crippen LogP contribution in [0.15, 0.2) is 59.6 Å². The molecule has 0 aliphatic carbocycles. The summed E-state index contributed by atoms with van der Waals surface area (Å²) in [7, 11) is 1.62.